The molecule has 248 valence electrons. The Morgan fingerprint density at radius 1 is 0.938 bits per heavy atom. The second-order valence-corrected chi connectivity index (χ2v) is 13.3. The number of benzene rings is 2. The third-order valence-electron chi connectivity index (χ3n) is 9.49. The van der Waals surface area contributed by atoms with E-state index in [9.17, 15) is 9.59 Å². The summed E-state index contributed by atoms with van der Waals surface area (Å²) in [5.74, 6) is 0.355. The fourth-order valence-electron chi connectivity index (χ4n) is 6.92. The number of amides is 1. The Balaban J connectivity index is 1.13. The highest BCUT2D eigenvalue weighted by atomic mass is 35.5. The van der Waals surface area contributed by atoms with Gasteiger partial charge in [0.2, 0.25) is 11.8 Å². The maximum Gasteiger partial charge on any atom is 0.323 e. The fraction of sp³-hybridized carbons (Fsp3) is 0.351. The SMILES string of the molecule is COc1nc(-c2cccc(-c3ccnc(-c4ccc5c(c4)CCC[C@@H]5NC[C@@H]4CCC(=O)N4)c3Cl)c2Cl)ccc1CN[C@@H]1CCOC1=O. The lowest BCUT2D eigenvalue weighted by Gasteiger charge is -2.28. The molecule has 0 spiro atoms. The minimum absolute atomic E-state index is 0.139. The number of carbonyl (C=O) groups is 2. The van der Waals surface area contributed by atoms with Gasteiger partial charge >= 0.3 is 5.97 Å². The van der Waals surface area contributed by atoms with Gasteiger partial charge in [0.1, 0.15) is 6.04 Å². The summed E-state index contributed by atoms with van der Waals surface area (Å²) in [6.45, 7) is 1.62. The van der Waals surface area contributed by atoms with E-state index < -0.39 is 0 Å². The number of carbonyl (C=O) groups excluding carboxylic acids is 2. The summed E-state index contributed by atoms with van der Waals surface area (Å²) in [6, 6.07) is 18.1. The lowest BCUT2D eigenvalue weighted by atomic mass is 9.86. The minimum atomic E-state index is -0.330. The van der Waals surface area contributed by atoms with Gasteiger partial charge in [0.05, 0.1) is 35.1 Å². The molecule has 2 aliphatic heterocycles. The number of pyridine rings is 2. The Hall–Kier alpha value is -4.02. The fourth-order valence-corrected chi connectivity index (χ4v) is 7.57. The van der Waals surface area contributed by atoms with Crippen molar-refractivity contribution < 1.29 is 19.1 Å². The Labute approximate surface area is 289 Å². The molecule has 3 aliphatic rings. The van der Waals surface area contributed by atoms with Crippen molar-refractivity contribution >= 4 is 35.1 Å². The van der Waals surface area contributed by atoms with Gasteiger partial charge in [-0.05, 0) is 55.0 Å². The number of hydrogen-bond donors (Lipinski definition) is 3. The van der Waals surface area contributed by atoms with Crippen LogP contribution in [0.5, 0.6) is 5.88 Å². The van der Waals surface area contributed by atoms with Crippen molar-refractivity contribution in [1.82, 2.24) is 25.9 Å². The Bertz CT molecular complexity index is 1870. The monoisotopic (exact) mass is 685 g/mol. The largest absolute Gasteiger partial charge is 0.481 e. The zero-order valence-electron chi connectivity index (χ0n) is 26.7. The lowest BCUT2D eigenvalue weighted by molar-refractivity contribution is -0.139. The summed E-state index contributed by atoms with van der Waals surface area (Å²) in [4.78, 5) is 33.0. The van der Waals surface area contributed by atoms with Gasteiger partial charge in [-0.3, -0.25) is 19.9 Å². The normalized spacial score (nSPS) is 20.4. The van der Waals surface area contributed by atoms with Crippen LogP contribution in [0.4, 0.5) is 0 Å². The average Bonchev–Trinajstić information content (AvgIpc) is 3.73. The molecule has 3 atom stereocenters. The lowest BCUT2D eigenvalue weighted by Crippen LogP contribution is -2.38. The van der Waals surface area contributed by atoms with Crippen LogP contribution in [0.3, 0.4) is 0 Å². The molecule has 48 heavy (non-hydrogen) atoms. The van der Waals surface area contributed by atoms with E-state index in [1.165, 1.54) is 11.1 Å². The molecular formula is C37H37Cl2N5O4. The van der Waals surface area contributed by atoms with E-state index in [1.807, 2.05) is 36.4 Å². The summed E-state index contributed by atoms with van der Waals surface area (Å²) >= 11 is 14.2. The van der Waals surface area contributed by atoms with Gasteiger partial charge in [0.15, 0.2) is 0 Å². The molecule has 2 saturated heterocycles. The summed E-state index contributed by atoms with van der Waals surface area (Å²) in [7, 11) is 1.57. The number of aryl methyl sites for hydroxylation is 1. The Morgan fingerprint density at radius 3 is 2.58 bits per heavy atom. The highest BCUT2D eigenvalue weighted by Gasteiger charge is 2.27. The molecule has 2 fully saturated rings. The summed E-state index contributed by atoms with van der Waals surface area (Å²) in [6.07, 6.45) is 7.04. The predicted octanol–water partition coefficient (Wildman–Crippen LogP) is 6.44. The molecule has 0 saturated carbocycles. The molecule has 9 nitrogen and oxygen atoms in total. The highest BCUT2D eigenvalue weighted by Crippen LogP contribution is 2.42. The van der Waals surface area contributed by atoms with Crippen molar-refractivity contribution in [3.8, 4) is 39.5 Å². The van der Waals surface area contributed by atoms with E-state index in [0.29, 0.717) is 53.3 Å². The van der Waals surface area contributed by atoms with Crippen LogP contribution in [0, 0.1) is 0 Å². The number of aromatic nitrogens is 2. The van der Waals surface area contributed by atoms with Crippen LogP contribution in [-0.2, 0) is 27.3 Å². The van der Waals surface area contributed by atoms with Gasteiger partial charge in [-0.25, -0.2) is 4.98 Å². The first-order chi connectivity index (χ1) is 23.4. The maximum atomic E-state index is 11.9. The second kappa shape index (κ2) is 14.2. The third-order valence-corrected chi connectivity index (χ3v) is 10.3. The van der Waals surface area contributed by atoms with Crippen LogP contribution >= 0.6 is 23.2 Å². The van der Waals surface area contributed by atoms with Crippen LogP contribution < -0.4 is 20.7 Å². The maximum absolute atomic E-state index is 11.9. The smallest absolute Gasteiger partial charge is 0.323 e. The second-order valence-electron chi connectivity index (χ2n) is 12.5. The van der Waals surface area contributed by atoms with Crippen LogP contribution in [0.1, 0.15) is 54.8 Å². The topological polar surface area (TPSA) is 114 Å². The van der Waals surface area contributed by atoms with Crippen molar-refractivity contribution in [2.75, 3.05) is 20.3 Å². The van der Waals surface area contributed by atoms with E-state index in [-0.39, 0.29) is 30.0 Å². The van der Waals surface area contributed by atoms with Crippen LogP contribution in [0.15, 0.2) is 60.8 Å². The molecule has 1 aliphatic carbocycles. The van der Waals surface area contributed by atoms with Gasteiger partial charge in [0.25, 0.3) is 0 Å². The number of rotatable bonds is 10. The van der Waals surface area contributed by atoms with Crippen molar-refractivity contribution in [3.05, 3.63) is 87.5 Å². The number of nitrogens with one attached hydrogen (secondary N) is 3. The van der Waals surface area contributed by atoms with Gasteiger partial charge in [-0.1, -0.05) is 59.6 Å². The molecule has 3 N–H and O–H groups in total. The number of fused-ring (bicyclic) bond motifs is 1. The summed E-state index contributed by atoms with van der Waals surface area (Å²) < 4.78 is 10.7. The molecule has 4 aromatic rings. The van der Waals surface area contributed by atoms with E-state index in [4.69, 9.17) is 42.6 Å². The van der Waals surface area contributed by atoms with Crippen molar-refractivity contribution in [2.45, 2.75) is 63.2 Å². The van der Waals surface area contributed by atoms with Crippen LogP contribution in [0.25, 0.3) is 33.6 Å². The number of hydrogen-bond acceptors (Lipinski definition) is 8. The van der Waals surface area contributed by atoms with E-state index in [1.54, 1.807) is 13.3 Å². The molecule has 0 bridgehead atoms. The van der Waals surface area contributed by atoms with Gasteiger partial charge in [-0.15, -0.1) is 0 Å². The predicted molar refractivity (Wildman–Crippen MR) is 186 cm³/mol. The van der Waals surface area contributed by atoms with Crippen LogP contribution in [-0.4, -0.2) is 54.2 Å². The number of nitrogens with zero attached hydrogens (tertiary/aromatic N) is 2. The quantitative estimate of drug-likeness (QED) is 0.163. The van der Waals surface area contributed by atoms with E-state index >= 15 is 0 Å². The van der Waals surface area contributed by atoms with Gasteiger partial charge in [-0.2, -0.15) is 0 Å². The summed E-state index contributed by atoms with van der Waals surface area (Å²) in [5.41, 5.74) is 8.01. The van der Waals surface area contributed by atoms with Crippen molar-refractivity contribution in [1.29, 1.82) is 0 Å². The molecule has 11 heteroatoms. The number of halogens is 2. The minimum Gasteiger partial charge on any atom is -0.481 e. The van der Waals surface area contributed by atoms with Gasteiger partial charge < -0.3 is 20.1 Å². The van der Waals surface area contributed by atoms with E-state index in [0.717, 1.165) is 60.0 Å². The first-order valence-electron chi connectivity index (χ1n) is 16.4. The molecule has 0 unspecified atom stereocenters. The van der Waals surface area contributed by atoms with Crippen molar-refractivity contribution in [2.24, 2.45) is 0 Å². The number of esters is 1. The zero-order valence-corrected chi connectivity index (χ0v) is 28.2. The number of cyclic esters (lactones) is 1. The van der Waals surface area contributed by atoms with E-state index in [2.05, 4.69) is 34.1 Å². The first-order valence-corrected chi connectivity index (χ1v) is 17.2. The van der Waals surface area contributed by atoms with Crippen molar-refractivity contribution in [3.63, 3.8) is 0 Å². The third kappa shape index (κ3) is 6.65. The zero-order chi connectivity index (χ0) is 33.2. The standard InChI is InChI=1S/C37H37Cl2N5O4/c1-47-36-23(19-41-31-15-17-48-37(31)46)9-12-30(44-36)28-6-3-5-26(33(28)38)27-14-16-40-35(34(27)39)22-8-11-25-21(18-22)4-2-7-29(25)42-20-24-10-13-32(45)43-24/h3,5-6,8-9,11-12,14,16,18,24,29,31,41-42H,2,4,7,10,13,15,17,19-20H2,1H3,(H,43,45)/t24-,29-,31+/m0/s1. The Kier molecular flexibility index (Phi) is 9.64. The van der Waals surface area contributed by atoms with Crippen LogP contribution in [0.2, 0.25) is 10.0 Å². The molecular weight excluding hydrogens is 649 g/mol. The molecule has 4 heterocycles. The molecule has 2 aromatic carbocycles. The molecule has 2 aromatic heterocycles. The number of ether oxygens (including phenoxy) is 2. The molecule has 0 radical (unpaired) electrons. The number of methoxy groups -OCH3 is 1. The average molecular weight is 687 g/mol. The summed E-state index contributed by atoms with van der Waals surface area (Å²) in [5, 5.41) is 11.0. The molecule has 7 rings (SSSR count). The first kappa shape index (κ1) is 32.5. The van der Waals surface area contributed by atoms with Gasteiger partial charge in [0, 0.05) is 72.0 Å². The highest BCUT2D eigenvalue weighted by molar-refractivity contribution is 6.39. The Morgan fingerprint density at radius 2 is 1.79 bits per heavy atom. The molecule has 1 amide bonds.